The van der Waals surface area contributed by atoms with Crippen molar-refractivity contribution in [3.63, 3.8) is 0 Å². The molecule has 0 atom stereocenters. The van der Waals surface area contributed by atoms with Crippen LogP contribution in [0.15, 0.2) is 18.2 Å². The van der Waals surface area contributed by atoms with Crippen LogP contribution in [-0.4, -0.2) is 56.2 Å². The lowest BCUT2D eigenvalue weighted by atomic mass is 9.95. The number of methoxy groups -OCH3 is 1. The van der Waals surface area contributed by atoms with Crippen LogP contribution in [0.25, 0.3) is 0 Å². The van der Waals surface area contributed by atoms with Gasteiger partial charge in [-0.1, -0.05) is 13.8 Å². The standard InChI is InChI=1S/C20H31NO7/c1-19(2,3)28-18(24)21-12-20(4,5)13-27-16-11-14(26-10-9-25-6)7-8-15(16)17(22)23/h7-8,11H,9-10,12-13H2,1-6H3,(H,21,24)(H,22,23). The summed E-state index contributed by atoms with van der Waals surface area (Å²) < 4.78 is 21.4. The molecule has 0 bridgehead atoms. The lowest BCUT2D eigenvalue weighted by molar-refractivity contribution is 0.0492. The third-order valence-electron chi connectivity index (χ3n) is 3.47. The molecule has 1 rings (SSSR count). The van der Waals surface area contributed by atoms with Gasteiger partial charge in [-0.3, -0.25) is 0 Å². The molecular formula is C20H31NO7. The Morgan fingerprint density at radius 2 is 1.75 bits per heavy atom. The van der Waals surface area contributed by atoms with E-state index < -0.39 is 23.1 Å². The fraction of sp³-hybridized carbons (Fsp3) is 0.600. The van der Waals surface area contributed by atoms with E-state index in [1.165, 1.54) is 12.1 Å². The molecule has 0 saturated heterocycles. The summed E-state index contributed by atoms with van der Waals surface area (Å²) in [6.07, 6.45) is -0.514. The van der Waals surface area contributed by atoms with Gasteiger partial charge in [0, 0.05) is 25.1 Å². The second-order valence-electron chi connectivity index (χ2n) is 8.11. The molecule has 1 aromatic carbocycles. The first-order valence-electron chi connectivity index (χ1n) is 9.02. The molecule has 0 fully saturated rings. The summed E-state index contributed by atoms with van der Waals surface area (Å²) in [5, 5.41) is 12.1. The maximum atomic E-state index is 11.8. The molecular weight excluding hydrogens is 366 g/mol. The second-order valence-corrected chi connectivity index (χ2v) is 8.11. The molecule has 0 aromatic heterocycles. The highest BCUT2D eigenvalue weighted by atomic mass is 16.6. The van der Waals surface area contributed by atoms with Crippen LogP contribution in [0.5, 0.6) is 11.5 Å². The molecule has 8 heteroatoms. The zero-order valence-corrected chi connectivity index (χ0v) is 17.5. The van der Waals surface area contributed by atoms with Gasteiger partial charge in [-0.15, -0.1) is 0 Å². The number of nitrogens with one attached hydrogen (secondary N) is 1. The summed E-state index contributed by atoms with van der Waals surface area (Å²) in [6.45, 7) is 10.4. The molecule has 0 aliphatic rings. The zero-order valence-electron chi connectivity index (χ0n) is 17.5. The predicted octanol–water partition coefficient (Wildman–Crippen LogP) is 3.34. The Kier molecular flexibility index (Phi) is 8.56. The highest BCUT2D eigenvalue weighted by Gasteiger charge is 2.24. The van der Waals surface area contributed by atoms with Gasteiger partial charge >= 0.3 is 12.1 Å². The van der Waals surface area contributed by atoms with Crippen LogP contribution in [-0.2, 0) is 9.47 Å². The number of benzene rings is 1. The number of aromatic carboxylic acids is 1. The summed E-state index contributed by atoms with van der Waals surface area (Å²) in [5.74, 6) is -0.405. The number of hydrogen-bond donors (Lipinski definition) is 2. The Morgan fingerprint density at radius 3 is 2.32 bits per heavy atom. The average molecular weight is 397 g/mol. The second kappa shape index (κ2) is 10.2. The first-order valence-corrected chi connectivity index (χ1v) is 9.02. The monoisotopic (exact) mass is 397 g/mol. The summed E-state index contributed by atoms with van der Waals surface area (Å²) in [4.78, 5) is 23.3. The van der Waals surface area contributed by atoms with Crippen molar-refractivity contribution in [3.8, 4) is 11.5 Å². The van der Waals surface area contributed by atoms with E-state index in [2.05, 4.69) is 5.32 Å². The molecule has 0 radical (unpaired) electrons. The Hall–Kier alpha value is -2.48. The molecule has 0 spiro atoms. The number of carbonyl (C=O) groups is 2. The van der Waals surface area contributed by atoms with E-state index in [1.807, 2.05) is 13.8 Å². The average Bonchev–Trinajstić information content (AvgIpc) is 2.57. The highest BCUT2D eigenvalue weighted by Crippen LogP contribution is 2.27. The van der Waals surface area contributed by atoms with E-state index in [1.54, 1.807) is 33.9 Å². The summed E-state index contributed by atoms with van der Waals surface area (Å²) in [6, 6.07) is 4.55. The van der Waals surface area contributed by atoms with Crippen LogP contribution < -0.4 is 14.8 Å². The molecule has 0 aliphatic heterocycles. The Morgan fingerprint density at radius 1 is 1.07 bits per heavy atom. The molecule has 0 heterocycles. The van der Waals surface area contributed by atoms with Gasteiger partial charge in [0.05, 0.1) is 13.2 Å². The largest absolute Gasteiger partial charge is 0.492 e. The number of carboxylic acids is 1. The summed E-state index contributed by atoms with van der Waals surface area (Å²) in [5.41, 5.74) is -1.00. The van der Waals surface area contributed by atoms with Crippen molar-refractivity contribution >= 4 is 12.1 Å². The number of carboxylic acid groups (broad SMARTS) is 1. The van der Waals surface area contributed by atoms with Gasteiger partial charge in [0.15, 0.2) is 0 Å². The number of amides is 1. The first kappa shape index (κ1) is 23.6. The van der Waals surface area contributed by atoms with Gasteiger partial charge in [0.2, 0.25) is 0 Å². The lowest BCUT2D eigenvalue weighted by Gasteiger charge is -2.27. The van der Waals surface area contributed by atoms with Crippen LogP contribution in [0.4, 0.5) is 4.79 Å². The van der Waals surface area contributed by atoms with Crippen LogP contribution in [0, 0.1) is 5.41 Å². The third-order valence-corrected chi connectivity index (χ3v) is 3.47. The van der Waals surface area contributed by atoms with Gasteiger partial charge in [0.25, 0.3) is 0 Å². The van der Waals surface area contributed by atoms with Crippen molar-refractivity contribution < 1.29 is 33.6 Å². The predicted molar refractivity (Wildman–Crippen MR) is 104 cm³/mol. The molecule has 2 N–H and O–H groups in total. The zero-order chi connectivity index (χ0) is 21.4. The summed E-state index contributed by atoms with van der Waals surface area (Å²) in [7, 11) is 1.57. The maximum absolute atomic E-state index is 11.8. The van der Waals surface area contributed by atoms with Crippen molar-refractivity contribution in [1.82, 2.24) is 5.32 Å². The van der Waals surface area contributed by atoms with Crippen molar-refractivity contribution in [3.05, 3.63) is 23.8 Å². The van der Waals surface area contributed by atoms with Crippen molar-refractivity contribution in [2.75, 3.05) is 33.5 Å². The molecule has 0 saturated carbocycles. The molecule has 28 heavy (non-hydrogen) atoms. The minimum absolute atomic E-state index is 0.0370. The van der Waals surface area contributed by atoms with Gasteiger partial charge in [0.1, 0.15) is 29.3 Å². The molecule has 0 aliphatic carbocycles. The number of alkyl carbamates (subject to hydrolysis) is 1. The molecule has 8 nitrogen and oxygen atoms in total. The van der Waals surface area contributed by atoms with Crippen LogP contribution in [0.3, 0.4) is 0 Å². The van der Waals surface area contributed by atoms with Gasteiger partial charge in [-0.25, -0.2) is 9.59 Å². The van der Waals surface area contributed by atoms with Crippen LogP contribution in [0.1, 0.15) is 45.0 Å². The highest BCUT2D eigenvalue weighted by molar-refractivity contribution is 5.91. The quantitative estimate of drug-likeness (QED) is 0.584. The number of rotatable bonds is 10. The van der Waals surface area contributed by atoms with Crippen LogP contribution in [0.2, 0.25) is 0 Å². The van der Waals surface area contributed by atoms with E-state index in [0.29, 0.717) is 25.5 Å². The minimum Gasteiger partial charge on any atom is -0.492 e. The van der Waals surface area contributed by atoms with Crippen molar-refractivity contribution in [2.24, 2.45) is 5.41 Å². The minimum atomic E-state index is -1.09. The SMILES string of the molecule is COCCOc1ccc(C(=O)O)c(OCC(C)(C)CNC(=O)OC(C)(C)C)c1. The van der Waals surface area contributed by atoms with E-state index in [9.17, 15) is 14.7 Å². The van der Waals surface area contributed by atoms with Gasteiger partial charge in [-0.2, -0.15) is 0 Å². The Labute approximate surface area is 166 Å². The van der Waals surface area contributed by atoms with E-state index in [-0.39, 0.29) is 17.9 Å². The molecule has 1 amide bonds. The van der Waals surface area contributed by atoms with E-state index >= 15 is 0 Å². The third kappa shape index (κ3) is 8.94. The molecule has 0 unspecified atom stereocenters. The molecule has 1 aromatic rings. The summed E-state index contributed by atoms with van der Waals surface area (Å²) >= 11 is 0. The number of carbonyl (C=O) groups excluding carboxylic acids is 1. The van der Waals surface area contributed by atoms with Crippen LogP contribution >= 0.6 is 0 Å². The van der Waals surface area contributed by atoms with Crippen molar-refractivity contribution in [2.45, 2.75) is 40.2 Å². The number of ether oxygens (including phenoxy) is 4. The normalized spacial score (nSPS) is 11.6. The Balaban J connectivity index is 2.72. The molecule has 158 valence electrons. The number of hydrogen-bond acceptors (Lipinski definition) is 6. The topological polar surface area (TPSA) is 103 Å². The van der Waals surface area contributed by atoms with Crippen molar-refractivity contribution in [1.29, 1.82) is 0 Å². The fourth-order valence-electron chi connectivity index (χ4n) is 2.08. The van der Waals surface area contributed by atoms with E-state index in [4.69, 9.17) is 18.9 Å². The smallest absolute Gasteiger partial charge is 0.407 e. The van der Waals surface area contributed by atoms with Gasteiger partial charge < -0.3 is 29.4 Å². The maximum Gasteiger partial charge on any atom is 0.407 e. The first-order chi connectivity index (χ1) is 12.9. The Bertz CT molecular complexity index is 665. The fourth-order valence-corrected chi connectivity index (χ4v) is 2.08. The van der Waals surface area contributed by atoms with E-state index in [0.717, 1.165) is 0 Å². The lowest BCUT2D eigenvalue weighted by Crippen LogP contribution is -2.40. The van der Waals surface area contributed by atoms with Gasteiger partial charge in [-0.05, 0) is 32.9 Å².